The predicted octanol–water partition coefficient (Wildman–Crippen LogP) is 1.37. The van der Waals surface area contributed by atoms with Crippen LogP contribution < -0.4 is 5.73 Å². The third-order valence-electron chi connectivity index (χ3n) is 2.05. The molecule has 2 unspecified atom stereocenters. The molecule has 0 aromatic heterocycles. The van der Waals surface area contributed by atoms with E-state index in [4.69, 9.17) is 17.3 Å². The second-order valence-corrected chi connectivity index (χ2v) is 4.64. The minimum atomic E-state index is -1.24. The van der Waals surface area contributed by atoms with E-state index in [9.17, 15) is 15.0 Å². The second-order valence-electron chi connectivity index (χ2n) is 3.35. The standard InChI is InChI=1S/C10H11BrClNO3/c11-7-2-1-5(12)3-6(7)10(16)8(14)4-9(13)15/h1-3,8,10,14,16H,4H2,(H2,13,15). The Morgan fingerprint density at radius 2 is 2.12 bits per heavy atom. The minimum absolute atomic E-state index is 0.305. The maximum atomic E-state index is 10.6. The maximum absolute atomic E-state index is 10.6. The molecule has 0 saturated carbocycles. The molecule has 0 bridgehead atoms. The number of benzene rings is 1. The van der Waals surface area contributed by atoms with Crippen LogP contribution in [0.3, 0.4) is 0 Å². The topological polar surface area (TPSA) is 83.6 Å². The predicted molar refractivity (Wildman–Crippen MR) is 63.9 cm³/mol. The largest absolute Gasteiger partial charge is 0.390 e. The number of primary amides is 1. The van der Waals surface area contributed by atoms with Gasteiger partial charge in [0, 0.05) is 9.50 Å². The van der Waals surface area contributed by atoms with Crippen molar-refractivity contribution in [2.75, 3.05) is 0 Å². The van der Waals surface area contributed by atoms with Crippen molar-refractivity contribution in [3.05, 3.63) is 33.3 Å². The molecule has 4 nitrogen and oxygen atoms in total. The van der Waals surface area contributed by atoms with Crippen molar-refractivity contribution >= 4 is 33.4 Å². The van der Waals surface area contributed by atoms with Crippen molar-refractivity contribution in [3.63, 3.8) is 0 Å². The van der Waals surface area contributed by atoms with Gasteiger partial charge in [-0.25, -0.2) is 0 Å². The molecule has 88 valence electrons. The Bertz CT molecular complexity index is 400. The van der Waals surface area contributed by atoms with Crippen molar-refractivity contribution in [1.82, 2.24) is 0 Å². The lowest BCUT2D eigenvalue weighted by molar-refractivity contribution is -0.121. The Morgan fingerprint density at radius 3 is 2.69 bits per heavy atom. The third-order valence-corrected chi connectivity index (χ3v) is 3.01. The van der Waals surface area contributed by atoms with Gasteiger partial charge in [-0.2, -0.15) is 0 Å². The van der Waals surface area contributed by atoms with Gasteiger partial charge in [-0.15, -0.1) is 0 Å². The average Bonchev–Trinajstić information content (AvgIpc) is 2.19. The van der Waals surface area contributed by atoms with E-state index in [0.717, 1.165) is 0 Å². The van der Waals surface area contributed by atoms with Gasteiger partial charge in [0.1, 0.15) is 6.10 Å². The van der Waals surface area contributed by atoms with Gasteiger partial charge in [-0.3, -0.25) is 4.79 Å². The third kappa shape index (κ3) is 3.45. The number of aliphatic hydroxyl groups is 2. The van der Waals surface area contributed by atoms with Gasteiger partial charge < -0.3 is 15.9 Å². The molecule has 0 heterocycles. The summed E-state index contributed by atoms with van der Waals surface area (Å²) in [6.45, 7) is 0. The lowest BCUT2D eigenvalue weighted by Gasteiger charge is -2.18. The zero-order chi connectivity index (χ0) is 12.3. The minimum Gasteiger partial charge on any atom is -0.390 e. The van der Waals surface area contributed by atoms with Crippen LogP contribution in [0.2, 0.25) is 5.02 Å². The van der Waals surface area contributed by atoms with E-state index in [0.29, 0.717) is 15.1 Å². The zero-order valence-corrected chi connectivity index (χ0v) is 10.6. The van der Waals surface area contributed by atoms with E-state index in [2.05, 4.69) is 15.9 Å². The van der Waals surface area contributed by atoms with Gasteiger partial charge in [-0.1, -0.05) is 27.5 Å². The van der Waals surface area contributed by atoms with Crippen molar-refractivity contribution in [2.45, 2.75) is 18.6 Å². The molecule has 1 aromatic carbocycles. The number of hydrogen-bond acceptors (Lipinski definition) is 3. The summed E-state index contributed by atoms with van der Waals surface area (Å²) in [6.07, 6.45) is -2.76. The summed E-state index contributed by atoms with van der Waals surface area (Å²) in [4.78, 5) is 10.6. The smallest absolute Gasteiger partial charge is 0.220 e. The normalized spacial score (nSPS) is 14.5. The SMILES string of the molecule is NC(=O)CC(O)C(O)c1cc(Cl)ccc1Br. The number of rotatable bonds is 4. The van der Waals surface area contributed by atoms with Gasteiger partial charge in [0.05, 0.1) is 12.5 Å². The summed E-state index contributed by atoms with van der Waals surface area (Å²) >= 11 is 8.99. The highest BCUT2D eigenvalue weighted by molar-refractivity contribution is 9.10. The van der Waals surface area contributed by atoms with Crippen LogP contribution in [0.5, 0.6) is 0 Å². The molecule has 0 fully saturated rings. The number of carbonyl (C=O) groups is 1. The summed E-state index contributed by atoms with van der Waals surface area (Å²) in [6, 6.07) is 4.81. The van der Waals surface area contributed by atoms with Crippen molar-refractivity contribution in [1.29, 1.82) is 0 Å². The van der Waals surface area contributed by atoms with E-state index in [1.54, 1.807) is 12.1 Å². The van der Waals surface area contributed by atoms with E-state index in [1.807, 2.05) is 0 Å². The molecule has 0 radical (unpaired) electrons. The van der Waals surface area contributed by atoms with Crippen LogP contribution in [0, 0.1) is 0 Å². The second kappa shape index (κ2) is 5.63. The van der Waals surface area contributed by atoms with E-state index >= 15 is 0 Å². The molecule has 0 aliphatic heterocycles. The Balaban J connectivity index is 2.90. The monoisotopic (exact) mass is 307 g/mol. The van der Waals surface area contributed by atoms with Crippen molar-refractivity contribution < 1.29 is 15.0 Å². The number of amides is 1. The Kier molecular flexibility index (Phi) is 4.73. The van der Waals surface area contributed by atoms with Crippen LogP contribution in [0.1, 0.15) is 18.1 Å². The van der Waals surface area contributed by atoms with Crippen molar-refractivity contribution in [3.8, 4) is 0 Å². The summed E-state index contributed by atoms with van der Waals surface area (Å²) in [7, 11) is 0. The molecule has 2 atom stereocenters. The fraction of sp³-hybridized carbons (Fsp3) is 0.300. The molecule has 0 aliphatic rings. The maximum Gasteiger partial charge on any atom is 0.220 e. The molecule has 0 spiro atoms. The molecule has 0 aliphatic carbocycles. The Morgan fingerprint density at radius 1 is 1.50 bits per heavy atom. The van der Waals surface area contributed by atoms with Gasteiger partial charge in [0.2, 0.25) is 5.91 Å². The summed E-state index contributed by atoms with van der Waals surface area (Å²) in [5.41, 5.74) is 5.35. The lowest BCUT2D eigenvalue weighted by Crippen LogP contribution is -2.25. The number of nitrogens with two attached hydrogens (primary N) is 1. The molecule has 6 heteroatoms. The van der Waals surface area contributed by atoms with Gasteiger partial charge in [-0.05, 0) is 23.8 Å². The first-order valence-corrected chi connectivity index (χ1v) is 5.68. The molecule has 4 N–H and O–H groups in total. The molecular formula is C10H11BrClNO3. The van der Waals surface area contributed by atoms with Gasteiger partial charge in [0.25, 0.3) is 0 Å². The highest BCUT2D eigenvalue weighted by Crippen LogP contribution is 2.29. The molecular weight excluding hydrogens is 297 g/mol. The molecule has 0 saturated heterocycles. The number of hydrogen-bond donors (Lipinski definition) is 3. The summed E-state index contributed by atoms with van der Waals surface area (Å²) < 4.78 is 0.605. The van der Waals surface area contributed by atoms with Crippen molar-refractivity contribution in [2.24, 2.45) is 5.73 Å². The Hall–Kier alpha value is -0.620. The number of aliphatic hydroxyl groups excluding tert-OH is 2. The fourth-order valence-corrected chi connectivity index (χ4v) is 1.93. The average molecular weight is 309 g/mol. The van der Waals surface area contributed by atoms with Crippen LogP contribution >= 0.6 is 27.5 Å². The molecule has 16 heavy (non-hydrogen) atoms. The first-order chi connectivity index (χ1) is 7.41. The summed E-state index contributed by atoms with van der Waals surface area (Å²) in [5, 5.41) is 19.8. The lowest BCUT2D eigenvalue weighted by atomic mass is 10.0. The highest BCUT2D eigenvalue weighted by atomic mass is 79.9. The van der Waals surface area contributed by atoms with Gasteiger partial charge >= 0.3 is 0 Å². The first kappa shape index (κ1) is 13.4. The van der Waals surface area contributed by atoms with Crippen LogP contribution in [-0.4, -0.2) is 22.2 Å². The van der Waals surface area contributed by atoms with E-state index in [1.165, 1.54) is 6.07 Å². The molecule has 1 aromatic rings. The zero-order valence-electron chi connectivity index (χ0n) is 8.23. The number of carbonyl (C=O) groups excluding carboxylic acids is 1. The fourth-order valence-electron chi connectivity index (χ4n) is 1.27. The quantitative estimate of drug-likeness (QED) is 0.785. The van der Waals surface area contributed by atoms with E-state index < -0.39 is 18.1 Å². The van der Waals surface area contributed by atoms with E-state index in [-0.39, 0.29) is 6.42 Å². The Labute approximate surface area is 106 Å². The van der Waals surface area contributed by atoms with Crippen LogP contribution in [0.4, 0.5) is 0 Å². The van der Waals surface area contributed by atoms with Gasteiger partial charge in [0.15, 0.2) is 0 Å². The number of halogens is 2. The molecule has 1 rings (SSSR count). The molecule has 1 amide bonds. The van der Waals surface area contributed by atoms with Crippen LogP contribution in [0.25, 0.3) is 0 Å². The summed E-state index contributed by atoms with van der Waals surface area (Å²) in [5.74, 6) is -0.676. The van der Waals surface area contributed by atoms with Crippen LogP contribution in [0.15, 0.2) is 22.7 Å². The highest BCUT2D eigenvalue weighted by Gasteiger charge is 2.22. The van der Waals surface area contributed by atoms with Crippen LogP contribution in [-0.2, 0) is 4.79 Å². The first-order valence-electron chi connectivity index (χ1n) is 4.51.